The maximum atomic E-state index is 13.5. The zero-order valence-electron chi connectivity index (χ0n) is 19.0. The average molecular weight is 540 g/mol. The maximum absolute atomic E-state index is 13.5. The van der Waals surface area contributed by atoms with Gasteiger partial charge in [0.1, 0.15) is 0 Å². The second kappa shape index (κ2) is 9.53. The third kappa shape index (κ3) is 5.37. The van der Waals surface area contributed by atoms with Crippen molar-refractivity contribution in [3.8, 4) is 0 Å². The van der Waals surface area contributed by atoms with Gasteiger partial charge in [0.2, 0.25) is 0 Å². The molecule has 2 aromatic carbocycles. The Bertz CT molecular complexity index is 1420. The molecule has 1 fully saturated rings. The number of hydrogen-bond donors (Lipinski definition) is 1. The van der Waals surface area contributed by atoms with Crippen LogP contribution in [-0.4, -0.2) is 51.9 Å². The van der Waals surface area contributed by atoms with Crippen molar-refractivity contribution in [3.63, 3.8) is 0 Å². The van der Waals surface area contributed by atoms with Crippen LogP contribution in [0.25, 0.3) is 17.0 Å². The number of amides is 1. The number of hydrogen-bond acceptors (Lipinski definition) is 5. The van der Waals surface area contributed by atoms with Crippen molar-refractivity contribution >= 4 is 39.8 Å². The molecule has 0 bridgehead atoms. The van der Waals surface area contributed by atoms with Crippen molar-refractivity contribution in [2.24, 2.45) is 4.99 Å². The Morgan fingerprint density at radius 2 is 1.76 bits per heavy atom. The van der Waals surface area contributed by atoms with Crippen molar-refractivity contribution in [3.05, 3.63) is 69.8 Å². The Balaban J connectivity index is 1.39. The summed E-state index contributed by atoms with van der Waals surface area (Å²) in [5.41, 5.74) is -1.87. The highest BCUT2D eigenvalue weighted by Gasteiger charge is 2.38. The SMILES string of the molecule is O=C1N=C(N2CCNCC2)SC1=Cc1ccc2c(cnn2Cc2ccc(C(F)(F)F)cc2C(F)(F)F)c1. The molecule has 0 unspecified atom stereocenters. The van der Waals surface area contributed by atoms with Crippen molar-refractivity contribution in [2.75, 3.05) is 26.2 Å². The zero-order chi connectivity index (χ0) is 26.4. The van der Waals surface area contributed by atoms with E-state index in [0.29, 0.717) is 32.6 Å². The van der Waals surface area contributed by atoms with E-state index in [1.807, 2.05) is 4.90 Å². The number of carbonyl (C=O) groups excluding carboxylic acids is 1. The molecule has 1 amide bonds. The van der Waals surface area contributed by atoms with Crippen LogP contribution in [0, 0.1) is 0 Å². The lowest BCUT2D eigenvalue weighted by Gasteiger charge is -2.27. The minimum absolute atomic E-state index is 0.123. The second-order valence-electron chi connectivity index (χ2n) is 8.54. The molecule has 0 atom stereocenters. The Morgan fingerprint density at radius 1 is 1.00 bits per heavy atom. The first-order chi connectivity index (χ1) is 17.5. The maximum Gasteiger partial charge on any atom is 0.416 e. The number of benzene rings is 2. The number of nitrogens with one attached hydrogen (secondary N) is 1. The molecule has 3 aromatic rings. The van der Waals surface area contributed by atoms with Crippen molar-refractivity contribution in [2.45, 2.75) is 18.9 Å². The molecule has 37 heavy (non-hydrogen) atoms. The molecule has 2 aliphatic heterocycles. The van der Waals surface area contributed by atoms with Crippen LogP contribution >= 0.6 is 11.8 Å². The first kappa shape index (κ1) is 25.3. The summed E-state index contributed by atoms with van der Waals surface area (Å²) in [6, 6.07) is 6.67. The summed E-state index contributed by atoms with van der Waals surface area (Å²) in [7, 11) is 0. The van der Waals surface area contributed by atoms with Gasteiger partial charge >= 0.3 is 12.4 Å². The van der Waals surface area contributed by atoms with E-state index < -0.39 is 23.5 Å². The smallest absolute Gasteiger partial charge is 0.348 e. The van der Waals surface area contributed by atoms with Crippen LogP contribution in [0.1, 0.15) is 22.3 Å². The molecule has 0 spiro atoms. The highest BCUT2D eigenvalue weighted by molar-refractivity contribution is 8.18. The first-order valence-corrected chi connectivity index (χ1v) is 12.0. The Morgan fingerprint density at radius 3 is 2.46 bits per heavy atom. The fraction of sp³-hybridized carbons (Fsp3) is 0.292. The second-order valence-corrected chi connectivity index (χ2v) is 9.54. The van der Waals surface area contributed by atoms with Gasteiger partial charge < -0.3 is 10.2 Å². The number of halogens is 6. The largest absolute Gasteiger partial charge is 0.416 e. The summed E-state index contributed by atoms with van der Waals surface area (Å²) < 4.78 is 80.8. The van der Waals surface area contributed by atoms with Crippen LogP contribution in [0.3, 0.4) is 0 Å². The van der Waals surface area contributed by atoms with E-state index in [0.717, 1.165) is 32.2 Å². The van der Waals surface area contributed by atoms with Crippen LogP contribution in [-0.2, 0) is 23.7 Å². The zero-order valence-corrected chi connectivity index (χ0v) is 19.8. The first-order valence-electron chi connectivity index (χ1n) is 11.2. The number of nitrogens with zero attached hydrogens (tertiary/aromatic N) is 4. The number of aliphatic imine (C=N–C) groups is 1. The van der Waals surface area contributed by atoms with Gasteiger partial charge in [0.05, 0.1) is 34.3 Å². The van der Waals surface area contributed by atoms with Crippen molar-refractivity contribution in [1.82, 2.24) is 20.0 Å². The van der Waals surface area contributed by atoms with Crippen LogP contribution in [0.2, 0.25) is 0 Å². The van der Waals surface area contributed by atoms with E-state index in [9.17, 15) is 31.1 Å². The van der Waals surface area contributed by atoms with Crippen molar-refractivity contribution in [1.29, 1.82) is 0 Å². The number of piperazine rings is 1. The lowest BCUT2D eigenvalue weighted by atomic mass is 10.0. The van der Waals surface area contributed by atoms with Gasteiger partial charge in [-0.1, -0.05) is 12.1 Å². The Kier molecular flexibility index (Phi) is 6.52. The Labute approximate surface area is 211 Å². The van der Waals surface area contributed by atoms with E-state index >= 15 is 0 Å². The monoisotopic (exact) mass is 539 g/mol. The lowest BCUT2D eigenvalue weighted by Crippen LogP contribution is -2.45. The van der Waals surface area contributed by atoms with Crippen LogP contribution in [0.15, 0.2) is 52.5 Å². The summed E-state index contributed by atoms with van der Waals surface area (Å²) in [5.74, 6) is -0.337. The lowest BCUT2D eigenvalue weighted by molar-refractivity contribution is -0.143. The number of carbonyl (C=O) groups is 1. The fourth-order valence-corrected chi connectivity index (χ4v) is 5.14. The fourth-order valence-electron chi connectivity index (χ4n) is 4.18. The quantitative estimate of drug-likeness (QED) is 0.375. The van der Waals surface area contributed by atoms with Gasteiger partial charge in [-0.05, 0) is 53.2 Å². The van der Waals surface area contributed by atoms with E-state index in [1.165, 1.54) is 22.6 Å². The number of thioether (sulfide) groups is 1. The topological polar surface area (TPSA) is 62.5 Å². The van der Waals surface area contributed by atoms with E-state index in [4.69, 9.17) is 0 Å². The van der Waals surface area contributed by atoms with Gasteiger partial charge in [0.25, 0.3) is 5.91 Å². The third-order valence-corrected chi connectivity index (χ3v) is 7.07. The van der Waals surface area contributed by atoms with Gasteiger partial charge in [-0.25, -0.2) is 0 Å². The summed E-state index contributed by atoms with van der Waals surface area (Å²) in [4.78, 5) is 19.1. The standard InChI is InChI=1S/C24H19F6N5OS/c25-23(26,27)17-3-2-15(18(11-17)24(28,29)30)13-35-19-4-1-14(9-16(19)12-32-35)10-20-21(36)33-22(37-20)34-7-5-31-6-8-34/h1-4,9-12,31H,5-8,13H2. The summed E-state index contributed by atoms with van der Waals surface area (Å²) in [6.07, 6.45) is -6.70. The molecule has 3 heterocycles. The molecule has 2 aliphatic rings. The van der Waals surface area contributed by atoms with Crippen LogP contribution < -0.4 is 5.32 Å². The highest BCUT2D eigenvalue weighted by Crippen LogP contribution is 2.38. The molecule has 1 aromatic heterocycles. The average Bonchev–Trinajstić information content (AvgIpc) is 3.41. The van der Waals surface area contributed by atoms with Crippen LogP contribution in [0.4, 0.5) is 26.3 Å². The van der Waals surface area contributed by atoms with Gasteiger partial charge in [-0.15, -0.1) is 0 Å². The molecular weight excluding hydrogens is 520 g/mol. The molecule has 0 saturated carbocycles. The minimum atomic E-state index is -4.96. The van der Waals surface area contributed by atoms with Gasteiger partial charge in [0, 0.05) is 31.6 Å². The summed E-state index contributed by atoms with van der Waals surface area (Å²) in [5, 5.41) is 8.65. The van der Waals surface area contributed by atoms with Gasteiger partial charge in [-0.2, -0.15) is 36.4 Å². The molecule has 13 heteroatoms. The highest BCUT2D eigenvalue weighted by atomic mass is 32.2. The predicted octanol–water partition coefficient (Wildman–Crippen LogP) is 5.00. The molecule has 6 nitrogen and oxygen atoms in total. The van der Waals surface area contributed by atoms with E-state index in [1.54, 1.807) is 24.3 Å². The molecular formula is C24H19F6N5OS. The number of fused-ring (bicyclic) bond motifs is 1. The molecule has 0 aliphatic carbocycles. The molecule has 5 rings (SSSR count). The predicted molar refractivity (Wildman–Crippen MR) is 128 cm³/mol. The normalized spacial score (nSPS) is 18.2. The van der Waals surface area contributed by atoms with Gasteiger partial charge in [-0.3, -0.25) is 9.48 Å². The van der Waals surface area contributed by atoms with Gasteiger partial charge in [0.15, 0.2) is 5.17 Å². The minimum Gasteiger partial charge on any atom is -0.348 e. The third-order valence-electron chi connectivity index (χ3n) is 6.02. The van der Waals surface area contributed by atoms with E-state index in [2.05, 4.69) is 15.4 Å². The number of rotatable bonds is 3. The van der Waals surface area contributed by atoms with E-state index in [-0.39, 0.29) is 24.1 Å². The molecule has 194 valence electrons. The van der Waals surface area contributed by atoms with Crippen molar-refractivity contribution < 1.29 is 31.1 Å². The van der Waals surface area contributed by atoms with Crippen LogP contribution in [0.5, 0.6) is 0 Å². The summed E-state index contributed by atoms with van der Waals surface area (Å²) >= 11 is 1.29. The molecule has 1 saturated heterocycles. The number of alkyl halides is 6. The summed E-state index contributed by atoms with van der Waals surface area (Å²) in [6.45, 7) is 2.76. The Hall–Kier alpha value is -3.32. The molecule has 0 radical (unpaired) electrons. The number of aromatic nitrogens is 2. The number of amidine groups is 1. The molecule has 1 N–H and O–H groups in total.